The minimum Gasteiger partial charge on any atom is -0.384 e. The van der Waals surface area contributed by atoms with Crippen molar-refractivity contribution in [1.29, 1.82) is 0 Å². The first kappa shape index (κ1) is 11.3. The monoisotopic (exact) mass is 234 g/mol. The van der Waals surface area contributed by atoms with Crippen LogP contribution in [0.15, 0.2) is 41.9 Å². The van der Waals surface area contributed by atoms with Gasteiger partial charge in [0.1, 0.15) is 11.1 Å². The molecule has 0 spiro atoms. The average molecular weight is 234 g/mol. The Balaban J connectivity index is 2.01. The normalized spacial score (nSPS) is 14.6. The molecule has 3 N–H and O–H groups in total. The molecule has 84 valence electrons. The van der Waals surface area contributed by atoms with Crippen LogP contribution in [0.1, 0.15) is 16.7 Å². The highest BCUT2D eigenvalue weighted by Crippen LogP contribution is 2.20. The lowest BCUT2D eigenvalue weighted by Crippen LogP contribution is -2.30. The number of nitrogens with zero attached hydrogens (tertiary/aromatic N) is 1. The van der Waals surface area contributed by atoms with Gasteiger partial charge in [0.25, 0.3) is 0 Å². The molecule has 4 heteroatoms. The van der Waals surface area contributed by atoms with Crippen LogP contribution in [-0.4, -0.2) is 16.1 Å². The Bertz CT molecular complexity index is 416. The number of aliphatic hydroxyl groups is 1. The molecule has 16 heavy (non-hydrogen) atoms. The zero-order valence-corrected chi connectivity index (χ0v) is 9.60. The summed E-state index contributed by atoms with van der Waals surface area (Å²) < 4.78 is 0. The Morgan fingerprint density at radius 1 is 1.31 bits per heavy atom. The molecule has 1 heterocycles. The number of benzene rings is 1. The highest BCUT2D eigenvalue weighted by Gasteiger charge is 2.19. The van der Waals surface area contributed by atoms with Gasteiger partial charge in [0.2, 0.25) is 0 Å². The second-order valence-electron chi connectivity index (χ2n) is 3.67. The summed E-state index contributed by atoms with van der Waals surface area (Å²) in [6.07, 6.45) is 1.65. The molecule has 1 aromatic heterocycles. The summed E-state index contributed by atoms with van der Waals surface area (Å²) in [6.45, 7) is 0. The van der Waals surface area contributed by atoms with Crippen LogP contribution in [0.4, 0.5) is 0 Å². The Labute approximate surface area is 98.6 Å². The molecule has 0 saturated heterocycles. The van der Waals surface area contributed by atoms with Gasteiger partial charge >= 0.3 is 0 Å². The summed E-state index contributed by atoms with van der Waals surface area (Å²) in [4.78, 5) is 4.07. The van der Waals surface area contributed by atoms with Crippen molar-refractivity contribution in [3.63, 3.8) is 0 Å². The molecule has 0 aliphatic rings. The lowest BCUT2D eigenvalue weighted by atomic mass is 10.0. The zero-order chi connectivity index (χ0) is 11.4. The predicted molar refractivity (Wildman–Crippen MR) is 65.2 cm³/mol. The summed E-state index contributed by atoms with van der Waals surface area (Å²) in [6, 6.07) is 9.61. The van der Waals surface area contributed by atoms with Gasteiger partial charge in [-0.25, -0.2) is 4.98 Å². The molecule has 0 bridgehead atoms. The van der Waals surface area contributed by atoms with Crippen LogP contribution in [0, 0.1) is 0 Å². The minimum absolute atomic E-state index is 0.312. The number of aromatic nitrogens is 1. The maximum atomic E-state index is 9.96. The largest absolute Gasteiger partial charge is 0.384 e. The molecule has 0 aliphatic carbocycles. The van der Waals surface area contributed by atoms with E-state index in [0.29, 0.717) is 11.4 Å². The van der Waals surface area contributed by atoms with E-state index in [9.17, 15) is 5.11 Å². The fraction of sp³-hybridized carbons (Fsp3) is 0.250. The lowest BCUT2D eigenvalue weighted by molar-refractivity contribution is 0.145. The smallest absolute Gasteiger partial charge is 0.123 e. The third-order valence-electron chi connectivity index (χ3n) is 2.42. The SMILES string of the molecule is NC(Cc1ccccc1)C(O)c1nccs1. The number of hydrogen-bond acceptors (Lipinski definition) is 4. The first-order valence-electron chi connectivity index (χ1n) is 5.14. The van der Waals surface area contributed by atoms with Gasteiger partial charge in [-0.15, -0.1) is 11.3 Å². The van der Waals surface area contributed by atoms with Gasteiger partial charge in [-0.1, -0.05) is 30.3 Å². The van der Waals surface area contributed by atoms with Crippen molar-refractivity contribution in [2.45, 2.75) is 18.6 Å². The van der Waals surface area contributed by atoms with E-state index in [2.05, 4.69) is 4.98 Å². The van der Waals surface area contributed by atoms with Crippen LogP contribution in [0.3, 0.4) is 0 Å². The zero-order valence-electron chi connectivity index (χ0n) is 8.78. The second-order valence-corrected chi connectivity index (χ2v) is 4.59. The number of rotatable bonds is 4. The Kier molecular flexibility index (Phi) is 3.66. The van der Waals surface area contributed by atoms with E-state index in [0.717, 1.165) is 5.56 Å². The topological polar surface area (TPSA) is 59.1 Å². The molecule has 2 rings (SSSR count). The van der Waals surface area contributed by atoms with Crippen LogP contribution >= 0.6 is 11.3 Å². The molecule has 1 aromatic carbocycles. The number of thiazole rings is 1. The fourth-order valence-corrected chi connectivity index (χ4v) is 2.26. The molecule has 0 saturated carbocycles. The van der Waals surface area contributed by atoms with Crippen molar-refractivity contribution in [2.24, 2.45) is 5.73 Å². The van der Waals surface area contributed by atoms with E-state index in [1.54, 1.807) is 6.20 Å². The summed E-state index contributed by atoms with van der Waals surface area (Å²) in [5.74, 6) is 0. The molecule has 2 aromatic rings. The molecule has 0 aliphatic heterocycles. The van der Waals surface area contributed by atoms with E-state index in [1.165, 1.54) is 11.3 Å². The van der Waals surface area contributed by atoms with Gasteiger partial charge in [-0.2, -0.15) is 0 Å². The molecule has 0 radical (unpaired) electrons. The fourth-order valence-electron chi connectivity index (χ4n) is 1.56. The first-order valence-corrected chi connectivity index (χ1v) is 6.02. The molecule has 0 fully saturated rings. The van der Waals surface area contributed by atoms with Gasteiger partial charge < -0.3 is 10.8 Å². The quantitative estimate of drug-likeness (QED) is 0.847. The van der Waals surface area contributed by atoms with Gasteiger partial charge in [0.15, 0.2) is 0 Å². The predicted octanol–water partition coefficient (Wildman–Crippen LogP) is 1.75. The maximum Gasteiger partial charge on any atom is 0.123 e. The van der Waals surface area contributed by atoms with Crippen molar-refractivity contribution < 1.29 is 5.11 Å². The highest BCUT2D eigenvalue weighted by atomic mass is 32.1. The second kappa shape index (κ2) is 5.21. The van der Waals surface area contributed by atoms with Crippen LogP contribution in [-0.2, 0) is 6.42 Å². The van der Waals surface area contributed by atoms with Crippen molar-refractivity contribution in [3.05, 3.63) is 52.5 Å². The molecule has 2 atom stereocenters. The number of nitrogens with two attached hydrogens (primary N) is 1. The maximum absolute atomic E-state index is 9.96. The van der Waals surface area contributed by atoms with Gasteiger partial charge in [0.05, 0.1) is 0 Å². The highest BCUT2D eigenvalue weighted by molar-refractivity contribution is 7.09. The van der Waals surface area contributed by atoms with Crippen molar-refractivity contribution in [1.82, 2.24) is 4.98 Å². The van der Waals surface area contributed by atoms with Crippen molar-refractivity contribution in [3.8, 4) is 0 Å². The van der Waals surface area contributed by atoms with Gasteiger partial charge in [-0.3, -0.25) is 0 Å². The van der Waals surface area contributed by atoms with Crippen LogP contribution in [0.25, 0.3) is 0 Å². The van der Waals surface area contributed by atoms with E-state index < -0.39 is 6.10 Å². The summed E-state index contributed by atoms with van der Waals surface area (Å²) in [5.41, 5.74) is 7.09. The Morgan fingerprint density at radius 2 is 2.06 bits per heavy atom. The van der Waals surface area contributed by atoms with Crippen LogP contribution < -0.4 is 5.73 Å². The Hall–Kier alpha value is -1.23. The standard InChI is InChI=1S/C12H14N2OS/c13-10(8-9-4-2-1-3-5-9)11(15)12-14-6-7-16-12/h1-7,10-11,15H,8,13H2. The minimum atomic E-state index is -0.680. The van der Waals surface area contributed by atoms with Crippen LogP contribution in [0.2, 0.25) is 0 Å². The number of hydrogen-bond donors (Lipinski definition) is 2. The molecular weight excluding hydrogens is 220 g/mol. The summed E-state index contributed by atoms with van der Waals surface area (Å²) >= 11 is 1.43. The molecular formula is C12H14N2OS. The summed E-state index contributed by atoms with van der Waals surface area (Å²) in [7, 11) is 0. The first-order chi connectivity index (χ1) is 7.77. The van der Waals surface area contributed by atoms with Gasteiger partial charge in [0, 0.05) is 17.6 Å². The third kappa shape index (κ3) is 2.66. The van der Waals surface area contributed by atoms with E-state index in [4.69, 9.17) is 5.73 Å². The Morgan fingerprint density at radius 3 is 2.69 bits per heavy atom. The third-order valence-corrected chi connectivity index (χ3v) is 3.27. The summed E-state index contributed by atoms with van der Waals surface area (Å²) in [5, 5.41) is 12.5. The van der Waals surface area contributed by atoms with Crippen LogP contribution in [0.5, 0.6) is 0 Å². The average Bonchev–Trinajstić information content (AvgIpc) is 2.83. The van der Waals surface area contributed by atoms with E-state index in [1.807, 2.05) is 35.7 Å². The molecule has 3 nitrogen and oxygen atoms in total. The van der Waals surface area contributed by atoms with E-state index >= 15 is 0 Å². The number of aliphatic hydroxyl groups excluding tert-OH is 1. The van der Waals surface area contributed by atoms with E-state index in [-0.39, 0.29) is 6.04 Å². The van der Waals surface area contributed by atoms with Gasteiger partial charge in [-0.05, 0) is 12.0 Å². The molecule has 2 unspecified atom stereocenters. The van der Waals surface area contributed by atoms with Crippen molar-refractivity contribution >= 4 is 11.3 Å². The molecule has 0 amide bonds. The van der Waals surface area contributed by atoms with Crippen molar-refractivity contribution in [2.75, 3.05) is 0 Å². The lowest BCUT2D eigenvalue weighted by Gasteiger charge is -2.16.